The van der Waals surface area contributed by atoms with Gasteiger partial charge in [0.15, 0.2) is 5.78 Å². The molecule has 0 bridgehead atoms. The van der Waals surface area contributed by atoms with Crippen LogP contribution in [0.5, 0.6) is 0 Å². The average molecular weight is 262 g/mol. The van der Waals surface area contributed by atoms with Crippen molar-refractivity contribution in [1.82, 2.24) is 0 Å². The lowest BCUT2D eigenvalue weighted by Crippen LogP contribution is -1.89. The van der Waals surface area contributed by atoms with Gasteiger partial charge in [0.25, 0.3) is 0 Å². The fourth-order valence-corrected chi connectivity index (χ4v) is 2.45. The van der Waals surface area contributed by atoms with Crippen molar-refractivity contribution in [1.29, 1.82) is 0 Å². The highest BCUT2D eigenvalue weighted by Crippen LogP contribution is 2.27. The topological polar surface area (TPSA) is 37.3 Å². The molecule has 0 radical (unpaired) electrons. The van der Waals surface area contributed by atoms with Gasteiger partial charge in [0.05, 0.1) is 0 Å². The van der Waals surface area contributed by atoms with E-state index in [0.717, 1.165) is 10.8 Å². The first-order valence-electron chi connectivity index (χ1n) is 6.48. The molecule has 0 aliphatic heterocycles. The van der Waals surface area contributed by atoms with E-state index in [-0.39, 0.29) is 11.5 Å². The predicted octanol–water partition coefficient (Wildman–Crippen LogP) is 4.48. The normalized spacial score (nSPS) is 11.9. The summed E-state index contributed by atoms with van der Waals surface area (Å²) >= 11 is 0. The Balaban J connectivity index is 2.23. The van der Waals surface area contributed by atoms with Crippen LogP contribution in [0.2, 0.25) is 0 Å². The Morgan fingerprint density at radius 3 is 2.45 bits per heavy atom. The van der Waals surface area contributed by atoms with Gasteiger partial charge in [-0.3, -0.25) is 4.79 Å². The SMILES string of the molecule is CC(=O)C=C(O)c1ccc2c(ccc3ccccc32)c1. The summed E-state index contributed by atoms with van der Waals surface area (Å²) in [6.07, 6.45) is 1.24. The molecule has 0 saturated carbocycles. The van der Waals surface area contributed by atoms with E-state index in [0.29, 0.717) is 5.56 Å². The molecule has 0 aliphatic carbocycles. The summed E-state index contributed by atoms with van der Waals surface area (Å²) in [5, 5.41) is 14.5. The van der Waals surface area contributed by atoms with Crippen LogP contribution >= 0.6 is 0 Å². The number of ketones is 1. The highest BCUT2D eigenvalue weighted by atomic mass is 16.3. The second kappa shape index (κ2) is 4.82. The first kappa shape index (κ1) is 12.4. The van der Waals surface area contributed by atoms with Crippen LogP contribution in [0.1, 0.15) is 12.5 Å². The van der Waals surface area contributed by atoms with Crippen LogP contribution in [0.3, 0.4) is 0 Å². The standard InChI is InChI=1S/C18H14O2/c1-12(19)10-18(20)15-8-9-17-14(11-15)7-6-13-4-2-3-5-16(13)17/h2-11,20H,1H3. The molecule has 2 nitrogen and oxygen atoms in total. The van der Waals surface area contributed by atoms with Crippen molar-refractivity contribution in [2.45, 2.75) is 6.92 Å². The molecule has 2 heteroatoms. The largest absolute Gasteiger partial charge is 0.507 e. The van der Waals surface area contributed by atoms with E-state index < -0.39 is 0 Å². The minimum absolute atomic E-state index is 0.00700. The molecule has 0 heterocycles. The number of aliphatic hydroxyl groups is 1. The molecule has 0 atom stereocenters. The van der Waals surface area contributed by atoms with Crippen molar-refractivity contribution in [2.24, 2.45) is 0 Å². The highest BCUT2D eigenvalue weighted by molar-refractivity contribution is 6.08. The maximum atomic E-state index is 11.0. The summed E-state index contributed by atoms with van der Waals surface area (Å²) in [6, 6.07) is 18.0. The first-order chi connectivity index (χ1) is 9.65. The summed E-state index contributed by atoms with van der Waals surface area (Å²) in [6.45, 7) is 1.42. The van der Waals surface area contributed by atoms with E-state index in [4.69, 9.17) is 0 Å². The third kappa shape index (κ3) is 2.16. The van der Waals surface area contributed by atoms with Crippen LogP contribution in [0.25, 0.3) is 27.3 Å². The molecule has 0 aliphatic rings. The van der Waals surface area contributed by atoms with Gasteiger partial charge >= 0.3 is 0 Å². The van der Waals surface area contributed by atoms with Crippen LogP contribution in [-0.2, 0) is 4.79 Å². The van der Waals surface area contributed by atoms with Crippen molar-refractivity contribution < 1.29 is 9.90 Å². The molecular formula is C18H14O2. The molecule has 0 spiro atoms. The van der Waals surface area contributed by atoms with Gasteiger partial charge in [0, 0.05) is 11.6 Å². The van der Waals surface area contributed by atoms with Crippen molar-refractivity contribution >= 4 is 33.1 Å². The number of carbonyl (C=O) groups is 1. The Morgan fingerprint density at radius 1 is 0.950 bits per heavy atom. The van der Waals surface area contributed by atoms with Crippen molar-refractivity contribution in [3.8, 4) is 0 Å². The highest BCUT2D eigenvalue weighted by Gasteiger charge is 2.04. The van der Waals surface area contributed by atoms with Gasteiger partial charge in [-0.05, 0) is 34.5 Å². The van der Waals surface area contributed by atoms with Gasteiger partial charge < -0.3 is 5.11 Å². The zero-order valence-electron chi connectivity index (χ0n) is 11.1. The summed E-state index contributed by atoms with van der Waals surface area (Å²) in [5.74, 6) is -0.159. The maximum Gasteiger partial charge on any atom is 0.156 e. The van der Waals surface area contributed by atoms with Crippen LogP contribution in [0.15, 0.2) is 60.7 Å². The van der Waals surface area contributed by atoms with Crippen LogP contribution in [-0.4, -0.2) is 10.9 Å². The molecule has 0 aromatic heterocycles. The summed E-state index contributed by atoms with van der Waals surface area (Å²) in [5.41, 5.74) is 0.656. The second-order valence-corrected chi connectivity index (χ2v) is 4.86. The quantitative estimate of drug-likeness (QED) is 0.420. The number of carbonyl (C=O) groups excluding carboxylic acids is 1. The lowest BCUT2D eigenvalue weighted by Gasteiger charge is -2.06. The number of fused-ring (bicyclic) bond motifs is 3. The Hall–Kier alpha value is -2.61. The Bertz CT molecular complexity index is 844. The van der Waals surface area contributed by atoms with Crippen molar-refractivity contribution in [3.05, 3.63) is 66.2 Å². The molecule has 20 heavy (non-hydrogen) atoms. The van der Waals surface area contributed by atoms with Crippen LogP contribution < -0.4 is 0 Å². The van der Waals surface area contributed by atoms with Gasteiger partial charge in [0.2, 0.25) is 0 Å². The number of hydrogen-bond donors (Lipinski definition) is 1. The minimum atomic E-state index is -0.166. The van der Waals surface area contributed by atoms with Crippen molar-refractivity contribution in [2.75, 3.05) is 0 Å². The number of rotatable bonds is 2. The van der Waals surface area contributed by atoms with E-state index in [1.807, 2.05) is 36.4 Å². The molecule has 3 rings (SSSR count). The number of hydrogen-bond acceptors (Lipinski definition) is 2. The number of aliphatic hydroxyl groups excluding tert-OH is 1. The Morgan fingerprint density at radius 2 is 1.65 bits per heavy atom. The van der Waals surface area contributed by atoms with Crippen molar-refractivity contribution in [3.63, 3.8) is 0 Å². The second-order valence-electron chi connectivity index (χ2n) is 4.86. The van der Waals surface area contributed by atoms with Gasteiger partial charge in [-0.15, -0.1) is 0 Å². The first-order valence-corrected chi connectivity index (χ1v) is 6.48. The predicted molar refractivity (Wildman–Crippen MR) is 82.7 cm³/mol. The molecule has 0 amide bonds. The molecule has 3 aromatic carbocycles. The smallest absolute Gasteiger partial charge is 0.156 e. The van der Waals surface area contributed by atoms with Gasteiger partial charge in [0.1, 0.15) is 5.76 Å². The molecule has 0 unspecified atom stereocenters. The fourth-order valence-electron chi connectivity index (χ4n) is 2.45. The average Bonchev–Trinajstić information content (AvgIpc) is 2.45. The lowest BCUT2D eigenvalue weighted by molar-refractivity contribution is -0.112. The molecule has 0 saturated heterocycles. The molecule has 3 aromatic rings. The zero-order valence-corrected chi connectivity index (χ0v) is 11.1. The zero-order chi connectivity index (χ0) is 14.1. The van der Waals surface area contributed by atoms with E-state index in [1.165, 1.54) is 23.8 Å². The minimum Gasteiger partial charge on any atom is -0.507 e. The number of benzene rings is 3. The van der Waals surface area contributed by atoms with E-state index in [9.17, 15) is 9.90 Å². The third-order valence-corrected chi connectivity index (χ3v) is 3.38. The van der Waals surface area contributed by atoms with Crippen LogP contribution in [0.4, 0.5) is 0 Å². The van der Waals surface area contributed by atoms with E-state index in [2.05, 4.69) is 18.2 Å². The molecule has 1 N–H and O–H groups in total. The van der Waals surface area contributed by atoms with Gasteiger partial charge in [-0.25, -0.2) is 0 Å². The fraction of sp³-hybridized carbons (Fsp3) is 0.0556. The van der Waals surface area contributed by atoms with Gasteiger partial charge in [-0.2, -0.15) is 0 Å². The number of allylic oxidation sites excluding steroid dienone is 1. The summed E-state index contributed by atoms with van der Waals surface area (Å²) in [7, 11) is 0. The van der Waals surface area contributed by atoms with E-state index in [1.54, 1.807) is 0 Å². The Labute approximate surface area is 117 Å². The van der Waals surface area contributed by atoms with Crippen LogP contribution in [0, 0.1) is 0 Å². The Kier molecular flexibility index (Phi) is 2.99. The molecule has 0 fully saturated rings. The summed E-state index contributed by atoms with van der Waals surface area (Å²) < 4.78 is 0. The van der Waals surface area contributed by atoms with E-state index >= 15 is 0 Å². The monoisotopic (exact) mass is 262 g/mol. The van der Waals surface area contributed by atoms with Gasteiger partial charge in [-0.1, -0.05) is 48.5 Å². The maximum absolute atomic E-state index is 11.0. The molecular weight excluding hydrogens is 248 g/mol. The summed E-state index contributed by atoms with van der Waals surface area (Å²) in [4.78, 5) is 11.0. The lowest BCUT2D eigenvalue weighted by atomic mass is 9.99. The third-order valence-electron chi connectivity index (χ3n) is 3.38. The molecule has 98 valence electrons.